The molecule has 0 aliphatic carbocycles. The van der Waals surface area contributed by atoms with Crippen LogP contribution in [-0.4, -0.2) is 4.98 Å². The largest absolute Gasteiger partial charge is 0.256 e. The molecule has 0 fully saturated rings. The Bertz CT molecular complexity index is 1060. The second-order valence-corrected chi connectivity index (χ2v) is 8.16. The number of benzene rings is 2. The molecule has 2 heterocycles. The molecule has 120 valence electrons. The number of fused-ring (bicyclic) bond motifs is 3. The topological polar surface area (TPSA) is 12.9 Å². The monoisotopic (exact) mass is 335 g/mol. The van der Waals surface area contributed by atoms with Crippen molar-refractivity contribution in [3.8, 4) is 11.3 Å². The Morgan fingerprint density at radius 2 is 1.79 bits per heavy atom. The van der Waals surface area contributed by atoms with Crippen LogP contribution >= 0.6 is 11.3 Å². The van der Waals surface area contributed by atoms with Gasteiger partial charge in [-0.05, 0) is 41.3 Å². The van der Waals surface area contributed by atoms with Crippen molar-refractivity contribution in [3.05, 3.63) is 66.1 Å². The Hall–Kier alpha value is -2.26. The van der Waals surface area contributed by atoms with E-state index in [1.807, 2.05) is 18.3 Å². The molecule has 0 N–H and O–H groups in total. The van der Waals surface area contributed by atoms with Crippen LogP contribution in [0.2, 0.25) is 0 Å². The molecule has 2 aromatic heterocycles. The second-order valence-electron chi connectivity index (χ2n) is 7.10. The van der Waals surface area contributed by atoms with Gasteiger partial charge in [-0.25, -0.2) is 4.39 Å². The number of halogens is 1. The fourth-order valence-corrected chi connectivity index (χ4v) is 4.22. The summed E-state index contributed by atoms with van der Waals surface area (Å²) in [5.41, 5.74) is 3.42. The molecule has 0 amide bonds. The van der Waals surface area contributed by atoms with Crippen LogP contribution in [0.25, 0.3) is 31.4 Å². The number of nitrogens with zero attached hydrogens (tertiary/aromatic N) is 1. The molecule has 0 aliphatic heterocycles. The highest BCUT2D eigenvalue weighted by Gasteiger charge is 2.16. The first-order valence-electron chi connectivity index (χ1n) is 8.01. The molecule has 0 radical (unpaired) electrons. The number of hydrogen-bond acceptors (Lipinski definition) is 2. The first kappa shape index (κ1) is 15.3. The number of aromatic nitrogens is 1. The van der Waals surface area contributed by atoms with Crippen LogP contribution < -0.4 is 0 Å². The van der Waals surface area contributed by atoms with Crippen molar-refractivity contribution in [1.29, 1.82) is 0 Å². The highest BCUT2D eigenvalue weighted by Crippen LogP contribution is 2.40. The molecule has 0 saturated carbocycles. The van der Waals surface area contributed by atoms with E-state index in [-0.39, 0.29) is 11.2 Å². The van der Waals surface area contributed by atoms with Gasteiger partial charge in [0, 0.05) is 31.9 Å². The smallest absolute Gasteiger partial charge is 0.123 e. The molecule has 0 bridgehead atoms. The van der Waals surface area contributed by atoms with E-state index in [0.717, 1.165) is 31.4 Å². The second kappa shape index (κ2) is 5.38. The normalized spacial score (nSPS) is 12.2. The van der Waals surface area contributed by atoms with Gasteiger partial charge in [-0.15, -0.1) is 11.3 Å². The molecule has 0 atom stereocenters. The Balaban J connectivity index is 1.99. The third kappa shape index (κ3) is 2.49. The molecule has 2 aromatic carbocycles. The molecular weight excluding hydrogens is 317 g/mol. The molecule has 0 spiro atoms. The highest BCUT2D eigenvalue weighted by molar-refractivity contribution is 7.26. The maximum Gasteiger partial charge on any atom is 0.123 e. The molecular formula is C21H18FNS. The number of rotatable bonds is 1. The first-order valence-corrected chi connectivity index (χ1v) is 8.83. The summed E-state index contributed by atoms with van der Waals surface area (Å²) in [4.78, 5) is 4.59. The van der Waals surface area contributed by atoms with Gasteiger partial charge in [0.1, 0.15) is 5.82 Å². The lowest BCUT2D eigenvalue weighted by Gasteiger charge is -2.19. The van der Waals surface area contributed by atoms with E-state index >= 15 is 0 Å². The number of pyridine rings is 1. The quantitative estimate of drug-likeness (QED) is 0.384. The first-order chi connectivity index (χ1) is 11.4. The lowest BCUT2D eigenvalue weighted by atomic mass is 9.87. The van der Waals surface area contributed by atoms with Crippen molar-refractivity contribution < 1.29 is 4.39 Å². The SMILES string of the molecule is CC(C)(C)c1ccnc(-c2cccc3c2sc2ccc(F)cc23)c1. The van der Waals surface area contributed by atoms with Crippen LogP contribution in [0.1, 0.15) is 26.3 Å². The van der Waals surface area contributed by atoms with E-state index < -0.39 is 0 Å². The van der Waals surface area contributed by atoms with E-state index in [2.05, 4.69) is 50.0 Å². The van der Waals surface area contributed by atoms with Gasteiger partial charge in [0.15, 0.2) is 0 Å². The van der Waals surface area contributed by atoms with E-state index in [4.69, 9.17) is 0 Å². The highest BCUT2D eigenvalue weighted by atomic mass is 32.1. The average molecular weight is 335 g/mol. The van der Waals surface area contributed by atoms with E-state index in [1.165, 1.54) is 11.6 Å². The predicted molar refractivity (Wildman–Crippen MR) is 101 cm³/mol. The molecule has 4 rings (SSSR count). The minimum atomic E-state index is -0.194. The van der Waals surface area contributed by atoms with Crippen molar-refractivity contribution in [2.75, 3.05) is 0 Å². The Kier molecular flexibility index (Phi) is 3.43. The van der Waals surface area contributed by atoms with Crippen molar-refractivity contribution >= 4 is 31.5 Å². The summed E-state index contributed by atoms with van der Waals surface area (Å²) >= 11 is 1.70. The summed E-state index contributed by atoms with van der Waals surface area (Å²) in [5, 5.41) is 2.07. The van der Waals surface area contributed by atoms with Crippen molar-refractivity contribution in [3.63, 3.8) is 0 Å². The van der Waals surface area contributed by atoms with E-state index in [9.17, 15) is 4.39 Å². The summed E-state index contributed by atoms with van der Waals surface area (Å²) < 4.78 is 15.9. The van der Waals surface area contributed by atoms with Crippen LogP contribution in [0.4, 0.5) is 4.39 Å². The Morgan fingerprint density at radius 3 is 2.58 bits per heavy atom. The number of thiophene rings is 1. The lowest BCUT2D eigenvalue weighted by Crippen LogP contribution is -2.11. The van der Waals surface area contributed by atoms with Gasteiger partial charge >= 0.3 is 0 Å². The van der Waals surface area contributed by atoms with E-state index in [0.29, 0.717) is 0 Å². The van der Waals surface area contributed by atoms with Gasteiger partial charge in [0.25, 0.3) is 0 Å². The standard InChI is InChI=1S/C21H18FNS/c1-21(2,3)13-9-10-23-18(11-13)16-6-4-5-15-17-12-14(22)7-8-19(17)24-20(15)16/h4-12H,1-3H3. The van der Waals surface area contributed by atoms with Crippen molar-refractivity contribution in [2.45, 2.75) is 26.2 Å². The molecule has 0 saturated heterocycles. The molecule has 0 unspecified atom stereocenters. The molecule has 24 heavy (non-hydrogen) atoms. The maximum absolute atomic E-state index is 13.6. The summed E-state index contributed by atoms with van der Waals surface area (Å²) in [6.07, 6.45) is 1.88. The van der Waals surface area contributed by atoms with Crippen molar-refractivity contribution in [2.24, 2.45) is 0 Å². The third-order valence-corrected chi connectivity index (χ3v) is 5.58. The molecule has 0 aliphatic rings. The zero-order valence-corrected chi connectivity index (χ0v) is 14.7. The van der Waals surface area contributed by atoms with Gasteiger partial charge in [-0.3, -0.25) is 4.98 Å². The van der Waals surface area contributed by atoms with Crippen LogP contribution in [0.5, 0.6) is 0 Å². The fourth-order valence-electron chi connectivity index (χ4n) is 3.02. The van der Waals surface area contributed by atoms with Crippen LogP contribution in [0, 0.1) is 5.82 Å². The maximum atomic E-state index is 13.6. The molecule has 1 nitrogen and oxygen atoms in total. The van der Waals surface area contributed by atoms with Gasteiger partial charge in [0.05, 0.1) is 5.69 Å². The summed E-state index contributed by atoms with van der Waals surface area (Å²) in [7, 11) is 0. The minimum absolute atomic E-state index is 0.0783. The third-order valence-electron chi connectivity index (χ3n) is 4.36. The van der Waals surface area contributed by atoms with E-state index in [1.54, 1.807) is 17.4 Å². The Morgan fingerprint density at radius 1 is 0.958 bits per heavy atom. The zero-order chi connectivity index (χ0) is 16.9. The minimum Gasteiger partial charge on any atom is -0.256 e. The molecule has 4 aromatic rings. The van der Waals surface area contributed by atoms with Gasteiger partial charge in [-0.2, -0.15) is 0 Å². The number of hydrogen-bond donors (Lipinski definition) is 0. The summed E-state index contributed by atoms with van der Waals surface area (Å²) in [6.45, 7) is 6.61. The average Bonchev–Trinajstić information content (AvgIpc) is 2.92. The molecule has 3 heteroatoms. The Labute approximate surface area is 144 Å². The van der Waals surface area contributed by atoms with Crippen LogP contribution in [-0.2, 0) is 5.41 Å². The lowest BCUT2D eigenvalue weighted by molar-refractivity contribution is 0.589. The predicted octanol–water partition coefficient (Wildman–Crippen LogP) is 6.55. The zero-order valence-electron chi connectivity index (χ0n) is 13.9. The van der Waals surface area contributed by atoms with Gasteiger partial charge in [0.2, 0.25) is 0 Å². The van der Waals surface area contributed by atoms with Gasteiger partial charge < -0.3 is 0 Å². The van der Waals surface area contributed by atoms with Crippen LogP contribution in [0.3, 0.4) is 0 Å². The van der Waals surface area contributed by atoms with Crippen LogP contribution in [0.15, 0.2) is 54.7 Å². The fraction of sp³-hybridized carbons (Fsp3) is 0.190. The summed E-state index contributed by atoms with van der Waals surface area (Å²) in [6, 6.07) is 15.4. The van der Waals surface area contributed by atoms with Crippen molar-refractivity contribution in [1.82, 2.24) is 4.98 Å². The van der Waals surface area contributed by atoms with Gasteiger partial charge in [-0.1, -0.05) is 39.0 Å². The summed E-state index contributed by atoms with van der Waals surface area (Å²) in [5.74, 6) is -0.194.